The monoisotopic (exact) mass is 539 g/mol. The van der Waals surface area contributed by atoms with Gasteiger partial charge < -0.3 is 9.80 Å². The van der Waals surface area contributed by atoms with Gasteiger partial charge in [-0.1, -0.05) is 66.7 Å². The SMILES string of the molecule is Cc1cc(C)c2c(c1)C(=O)C(=O)N2CCCN1CCN(C(c2ccccc2)c2ccccc2)CC1.Cl.Cl. The van der Waals surface area contributed by atoms with Gasteiger partial charge in [-0.3, -0.25) is 14.5 Å². The number of fused-ring (bicyclic) bond motifs is 1. The van der Waals surface area contributed by atoms with E-state index in [-0.39, 0.29) is 42.5 Å². The van der Waals surface area contributed by atoms with Gasteiger partial charge in [0.15, 0.2) is 0 Å². The summed E-state index contributed by atoms with van der Waals surface area (Å²) in [6.07, 6.45) is 0.854. The molecule has 37 heavy (non-hydrogen) atoms. The molecule has 196 valence electrons. The van der Waals surface area contributed by atoms with Crippen molar-refractivity contribution in [1.29, 1.82) is 0 Å². The molecule has 0 atom stereocenters. The molecule has 1 amide bonds. The van der Waals surface area contributed by atoms with Crippen LogP contribution in [0, 0.1) is 13.8 Å². The predicted molar refractivity (Wildman–Crippen MR) is 154 cm³/mol. The van der Waals surface area contributed by atoms with E-state index in [2.05, 4.69) is 70.5 Å². The molecule has 2 aliphatic rings. The summed E-state index contributed by atoms with van der Waals surface area (Å²) in [6, 6.07) is 25.7. The van der Waals surface area contributed by atoms with Gasteiger partial charge in [-0.25, -0.2) is 0 Å². The number of amides is 1. The molecule has 2 aliphatic heterocycles. The minimum Gasteiger partial charge on any atom is -0.304 e. The van der Waals surface area contributed by atoms with E-state index in [4.69, 9.17) is 0 Å². The topological polar surface area (TPSA) is 43.9 Å². The number of piperazine rings is 1. The number of aryl methyl sites for hydroxylation is 2. The van der Waals surface area contributed by atoms with Gasteiger partial charge >= 0.3 is 0 Å². The molecule has 0 radical (unpaired) electrons. The lowest BCUT2D eigenvalue weighted by molar-refractivity contribution is -0.114. The van der Waals surface area contributed by atoms with Crippen LogP contribution >= 0.6 is 24.8 Å². The fourth-order valence-corrected chi connectivity index (χ4v) is 5.63. The molecule has 5 rings (SSSR count). The van der Waals surface area contributed by atoms with E-state index in [1.54, 1.807) is 4.90 Å². The molecule has 5 nitrogen and oxygen atoms in total. The Labute approximate surface area is 232 Å². The van der Waals surface area contributed by atoms with Crippen LogP contribution in [0.1, 0.15) is 45.1 Å². The summed E-state index contributed by atoms with van der Waals surface area (Å²) in [5.74, 6) is -0.750. The Hall–Kier alpha value is -2.70. The molecule has 1 saturated heterocycles. The summed E-state index contributed by atoms with van der Waals surface area (Å²) in [6.45, 7) is 9.45. The number of hydrogen-bond donors (Lipinski definition) is 0. The van der Waals surface area contributed by atoms with Crippen molar-refractivity contribution < 1.29 is 9.59 Å². The van der Waals surface area contributed by atoms with Gasteiger partial charge in [0.05, 0.1) is 17.3 Å². The van der Waals surface area contributed by atoms with E-state index in [0.29, 0.717) is 12.1 Å². The highest BCUT2D eigenvalue weighted by molar-refractivity contribution is 6.52. The Morgan fingerprint density at radius 2 is 1.32 bits per heavy atom. The summed E-state index contributed by atoms with van der Waals surface area (Å²) >= 11 is 0. The van der Waals surface area contributed by atoms with Crippen molar-refractivity contribution in [3.63, 3.8) is 0 Å². The molecule has 0 saturated carbocycles. The first-order chi connectivity index (χ1) is 17.0. The van der Waals surface area contributed by atoms with E-state index in [9.17, 15) is 9.59 Å². The lowest BCUT2D eigenvalue weighted by Crippen LogP contribution is -2.48. The third kappa shape index (κ3) is 6.07. The molecular formula is C30H35Cl2N3O2. The van der Waals surface area contributed by atoms with Crippen molar-refractivity contribution in [3.8, 4) is 0 Å². The second-order valence-corrected chi connectivity index (χ2v) is 9.72. The summed E-state index contributed by atoms with van der Waals surface area (Å²) in [4.78, 5) is 31.9. The lowest BCUT2D eigenvalue weighted by atomic mass is 9.96. The zero-order valence-corrected chi connectivity index (χ0v) is 23.1. The lowest BCUT2D eigenvalue weighted by Gasteiger charge is -2.40. The maximum absolute atomic E-state index is 12.7. The maximum atomic E-state index is 12.7. The second kappa shape index (κ2) is 12.7. The molecule has 0 aliphatic carbocycles. The Kier molecular flexibility index (Phi) is 9.91. The molecule has 0 unspecified atom stereocenters. The van der Waals surface area contributed by atoms with E-state index >= 15 is 0 Å². The summed E-state index contributed by atoms with van der Waals surface area (Å²) in [5.41, 5.74) is 6.05. The second-order valence-electron chi connectivity index (χ2n) is 9.72. The van der Waals surface area contributed by atoms with Crippen molar-refractivity contribution in [3.05, 3.63) is 101 Å². The molecule has 1 fully saturated rings. The summed E-state index contributed by atoms with van der Waals surface area (Å²) in [5, 5.41) is 0. The first-order valence-corrected chi connectivity index (χ1v) is 12.6. The minimum atomic E-state index is -0.382. The normalized spacial score (nSPS) is 15.9. The largest absolute Gasteiger partial charge is 0.304 e. The van der Waals surface area contributed by atoms with Crippen molar-refractivity contribution in [2.24, 2.45) is 0 Å². The van der Waals surface area contributed by atoms with Gasteiger partial charge in [-0.05, 0) is 55.1 Å². The summed E-state index contributed by atoms with van der Waals surface area (Å²) in [7, 11) is 0. The van der Waals surface area contributed by atoms with E-state index < -0.39 is 0 Å². The number of hydrogen-bond acceptors (Lipinski definition) is 4. The van der Waals surface area contributed by atoms with Crippen LogP contribution in [0.3, 0.4) is 0 Å². The number of halogens is 2. The molecule has 2 heterocycles. The van der Waals surface area contributed by atoms with Crippen LogP contribution in [0.5, 0.6) is 0 Å². The van der Waals surface area contributed by atoms with E-state index in [0.717, 1.165) is 56.0 Å². The maximum Gasteiger partial charge on any atom is 0.299 e. The average molecular weight is 541 g/mol. The number of rotatable bonds is 7. The van der Waals surface area contributed by atoms with Gasteiger partial charge in [0.1, 0.15) is 0 Å². The fraction of sp³-hybridized carbons (Fsp3) is 0.333. The molecule has 7 heteroatoms. The number of nitrogens with zero attached hydrogens (tertiary/aromatic N) is 3. The Balaban J connectivity index is 0.00000190. The number of benzene rings is 3. The van der Waals surface area contributed by atoms with Crippen LogP contribution < -0.4 is 4.90 Å². The van der Waals surface area contributed by atoms with Crippen molar-refractivity contribution >= 4 is 42.2 Å². The smallest absolute Gasteiger partial charge is 0.299 e. The van der Waals surface area contributed by atoms with Crippen LogP contribution in [0.4, 0.5) is 5.69 Å². The number of Topliss-reactive ketones (excluding diaryl/α,β-unsaturated/α-hetero) is 1. The first-order valence-electron chi connectivity index (χ1n) is 12.6. The molecule has 3 aromatic carbocycles. The third-order valence-corrected chi connectivity index (χ3v) is 7.26. The van der Waals surface area contributed by atoms with Crippen LogP contribution in [-0.4, -0.2) is 60.8 Å². The van der Waals surface area contributed by atoms with Crippen molar-refractivity contribution in [2.75, 3.05) is 44.2 Å². The molecule has 0 bridgehead atoms. The van der Waals surface area contributed by atoms with Crippen LogP contribution in [0.2, 0.25) is 0 Å². The van der Waals surface area contributed by atoms with Gasteiger partial charge in [0, 0.05) is 32.7 Å². The third-order valence-electron chi connectivity index (χ3n) is 7.26. The van der Waals surface area contributed by atoms with Crippen molar-refractivity contribution in [2.45, 2.75) is 26.3 Å². The van der Waals surface area contributed by atoms with E-state index in [1.165, 1.54) is 11.1 Å². The average Bonchev–Trinajstić information content (AvgIpc) is 3.11. The standard InChI is InChI=1S/C30H33N3O2.2ClH/c1-22-20-23(2)27-26(21-22)29(34)30(35)33(27)15-9-14-31-16-18-32(19-17-31)28(24-10-5-3-6-11-24)25-12-7-4-8-13-25;;/h3-8,10-13,20-21,28H,9,14-19H2,1-2H3;2*1H. The number of carbonyl (C=O) groups is 2. The fourth-order valence-electron chi connectivity index (χ4n) is 5.63. The van der Waals surface area contributed by atoms with Crippen molar-refractivity contribution in [1.82, 2.24) is 9.80 Å². The Morgan fingerprint density at radius 1 is 0.757 bits per heavy atom. The van der Waals surface area contributed by atoms with Crippen LogP contribution in [0.15, 0.2) is 72.8 Å². The van der Waals surface area contributed by atoms with Gasteiger partial charge in [-0.2, -0.15) is 0 Å². The Bertz CT molecular complexity index is 1170. The van der Waals surface area contributed by atoms with Crippen LogP contribution in [-0.2, 0) is 4.79 Å². The molecule has 3 aromatic rings. The zero-order valence-electron chi connectivity index (χ0n) is 21.4. The van der Waals surface area contributed by atoms with Crippen LogP contribution in [0.25, 0.3) is 0 Å². The number of anilines is 1. The van der Waals surface area contributed by atoms with E-state index in [1.807, 2.05) is 26.0 Å². The molecule has 0 aromatic heterocycles. The van der Waals surface area contributed by atoms with Gasteiger partial charge in [0.2, 0.25) is 0 Å². The summed E-state index contributed by atoms with van der Waals surface area (Å²) < 4.78 is 0. The minimum absolute atomic E-state index is 0. The molecule has 0 spiro atoms. The predicted octanol–water partition coefficient (Wildman–Crippen LogP) is 5.47. The highest BCUT2D eigenvalue weighted by atomic mass is 35.5. The molecular weight excluding hydrogens is 505 g/mol. The Morgan fingerprint density at radius 3 is 1.89 bits per heavy atom. The molecule has 0 N–H and O–H groups in total. The number of carbonyl (C=O) groups excluding carboxylic acids is 2. The zero-order chi connectivity index (χ0) is 24.4. The quantitative estimate of drug-likeness (QED) is 0.373. The van der Waals surface area contributed by atoms with Gasteiger partial charge in [-0.15, -0.1) is 24.8 Å². The highest BCUT2D eigenvalue weighted by Gasteiger charge is 2.37. The number of ketones is 1. The first kappa shape index (κ1) is 28.9. The highest BCUT2D eigenvalue weighted by Crippen LogP contribution is 2.34. The van der Waals surface area contributed by atoms with Gasteiger partial charge in [0.25, 0.3) is 11.7 Å².